The standard InChI is InChI=1S/C14H12N2OS/c1-9-8-10(6-7-11(9)15)18-14-16-12-4-2-3-5-13(12)17-14/h2-8H,15H2,1H3. The van der Waals surface area contributed by atoms with Crippen LogP contribution in [0, 0.1) is 6.92 Å². The van der Waals surface area contributed by atoms with Crippen LogP contribution in [0.2, 0.25) is 0 Å². The maximum absolute atomic E-state index is 5.80. The largest absolute Gasteiger partial charge is 0.431 e. The average Bonchev–Trinajstić information content (AvgIpc) is 2.76. The van der Waals surface area contributed by atoms with E-state index in [4.69, 9.17) is 10.2 Å². The molecule has 0 atom stereocenters. The molecule has 0 bridgehead atoms. The Hall–Kier alpha value is -1.94. The van der Waals surface area contributed by atoms with Crippen LogP contribution in [0.3, 0.4) is 0 Å². The molecule has 0 aliphatic heterocycles. The molecule has 0 saturated heterocycles. The third kappa shape index (κ3) is 2.07. The Morgan fingerprint density at radius 3 is 2.78 bits per heavy atom. The predicted octanol–water partition coefficient (Wildman–Crippen LogP) is 3.87. The Bertz CT molecular complexity index is 673. The van der Waals surface area contributed by atoms with Crippen LogP contribution in [0.5, 0.6) is 0 Å². The number of hydrogen-bond acceptors (Lipinski definition) is 4. The molecular formula is C14H12N2OS. The second-order valence-corrected chi connectivity index (χ2v) is 5.09. The SMILES string of the molecule is Cc1cc(Sc2nc3ccccc3o2)ccc1N. The van der Waals surface area contributed by atoms with Gasteiger partial charge in [-0.15, -0.1) is 0 Å². The number of benzene rings is 2. The molecule has 90 valence electrons. The predicted molar refractivity (Wildman–Crippen MR) is 73.7 cm³/mol. The molecule has 4 heteroatoms. The average molecular weight is 256 g/mol. The van der Waals surface area contributed by atoms with Gasteiger partial charge in [-0.25, -0.2) is 4.98 Å². The number of oxazole rings is 1. The van der Waals surface area contributed by atoms with E-state index >= 15 is 0 Å². The van der Waals surface area contributed by atoms with E-state index in [-0.39, 0.29) is 0 Å². The fourth-order valence-electron chi connectivity index (χ4n) is 1.71. The fraction of sp³-hybridized carbons (Fsp3) is 0.0714. The number of fused-ring (bicyclic) bond motifs is 1. The quantitative estimate of drug-likeness (QED) is 0.707. The van der Waals surface area contributed by atoms with Crippen molar-refractivity contribution in [1.29, 1.82) is 0 Å². The minimum atomic E-state index is 0.653. The molecule has 1 heterocycles. The number of aromatic nitrogens is 1. The van der Waals surface area contributed by atoms with E-state index in [1.165, 1.54) is 11.8 Å². The van der Waals surface area contributed by atoms with Crippen molar-refractivity contribution in [2.75, 3.05) is 5.73 Å². The molecule has 2 N–H and O–H groups in total. The van der Waals surface area contributed by atoms with E-state index in [0.717, 1.165) is 27.2 Å². The first-order valence-corrected chi connectivity index (χ1v) is 6.43. The molecule has 0 fully saturated rings. The summed E-state index contributed by atoms with van der Waals surface area (Å²) in [6.07, 6.45) is 0. The van der Waals surface area contributed by atoms with Crippen molar-refractivity contribution in [3.8, 4) is 0 Å². The van der Waals surface area contributed by atoms with Crippen molar-refractivity contribution in [3.63, 3.8) is 0 Å². The number of aryl methyl sites for hydroxylation is 1. The van der Waals surface area contributed by atoms with Gasteiger partial charge in [-0.3, -0.25) is 0 Å². The number of nitrogen functional groups attached to an aromatic ring is 1. The number of hydrogen-bond donors (Lipinski definition) is 1. The zero-order chi connectivity index (χ0) is 12.5. The van der Waals surface area contributed by atoms with Gasteiger partial charge in [0.15, 0.2) is 5.58 Å². The van der Waals surface area contributed by atoms with Crippen molar-refractivity contribution in [2.24, 2.45) is 0 Å². The van der Waals surface area contributed by atoms with Crippen LogP contribution >= 0.6 is 11.8 Å². The monoisotopic (exact) mass is 256 g/mol. The summed E-state index contributed by atoms with van der Waals surface area (Å²) in [6.45, 7) is 1.99. The summed E-state index contributed by atoms with van der Waals surface area (Å²) in [6, 6.07) is 13.7. The maximum Gasteiger partial charge on any atom is 0.261 e. The van der Waals surface area contributed by atoms with Crippen molar-refractivity contribution < 1.29 is 4.42 Å². The van der Waals surface area contributed by atoms with Crippen LogP contribution in [0.15, 0.2) is 57.0 Å². The first-order chi connectivity index (χ1) is 8.72. The van der Waals surface area contributed by atoms with E-state index < -0.39 is 0 Å². The second kappa shape index (κ2) is 4.38. The van der Waals surface area contributed by atoms with Crippen LogP contribution in [0.1, 0.15) is 5.56 Å². The van der Waals surface area contributed by atoms with Gasteiger partial charge in [-0.05, 0) is 54.6 Å². The molecule has 0 aliphatic rings. The summed E-state index contributed by atoms with van der Waals surface area (Å²) in [5.74, 6) is 0. The van der Waals surface area contributed by atoms with E-state index in [1.54, 1.807) is 0 Å². The molecule has 0 aliphatic carbocycles. The number of rotatable bonds is 2. The minimum absolute atomic E-state index is 0.653. The lowest BCUT2D eigenvalue weighted by Gasteiger charge is -2.01. The highest BCUT2D eigenvalue weighted by atomic mass is 32.2. The molecule has 0 saturated carbocycles. The molecule has 18 heavy (non-hydrogen) atoms. The van der Waals surface area contributed by atoms with Gasteiger partial charge in [0.1, 0.15) is 5.52 Å². The molecule has 0 amide bonds. The van der Waals surface area contributed by atoms with Gasteiger partial charge in [0.2, 0.25) is 0 Å². The van der Waals surface area contributed by atoms with Gasteiger partial charge in [0.25, 0.3) is 5.22 Å². The fourth-order valence-corrected chi connectivity index (χ4v) is 2.56. The number of anilines is 1. The van der Waals surface area contributed by atoms with E-state index in [9.17, 15) is 0 Å². The highest BCUT2D eigenvalue weighted by Gasteiger charge is 2.07. The highest BCUT2D eigenvalue weighted by molar-refractivity contribution is 7.99. The highest BCUT2D eigenvalue weighted by Crippen LogP contribution is 2.31. The van der Waals surface area contributed by atoms with Crippen LogP contribution in [-0.2, 0) is 0 Å². The van der Waals surface area contributed by atoms with Crippen LogP contribution in [0.25, 0.3) is 11.1 Å². The number of nitrogens with zero attached hydrogens (tertiary/aromatic N) is 1. The van der Waals surface area contributed by atoms with Crippen molar-refractivity contribution in [3.05, 3.63) is 48.0 Å². The van der Waals surface area contributed by atoms with E-state index in [0.29, 0.717) is 5.22 Å². The van der Waals surface area contributed by atoms with E-state index in [2.05, 4.69) is 4.98 Å². The Balaban J connectivity index is 1.93. The van der Waals surface area contributed by atoms with Crippen LogP contribution in [-0.4, -0.2) is 4.98 Å². The first-order valence-electron chi connectivity index (χ1n) is 5.62. The molecule has 2 aromatic carbocycles. The molecule has 0 spiro atoms. The first kappa shape index (κ1) is 11.2. The van der Waals surface area contributed by atoms with Crippen LogP contribution < -0.4 is 5.73 Å². The lowest BCUT2D eigenvalue weighted by molar-refractivity contribution is 0.489. The summed E-state index contributed by atoms with van der Waals surface area (Å²) in [5.41, 5.74) is 9.36. The van der Waals surface area contributed by atoms with Gasteiger partial charge in [0.05, 0.1) is 0 Å². The van der Waals surface area contributed by atoms with Gasteiger partial charge >= 0.3 is 0 Å². The number of nitrogens with two attached hydrogens (primary N) is 1. The maximum atomic E-state index is 5.80. The third-order valence-electron chi connectivity index (χ3n) is 2.72. The molecule has 3 nitrogen and oxygen atoms in total. The third-order valence-corrected chi connectivity index (χ3v) is 3.56. The summed E-state index contributed by atoms with van der Waals surface area (Å²) in [7, 11) is 0. The Labute approximate surface area is 109 Å². The summed E-state index contributed by atoms with van der Waals surface area (Å²) < 4.78 is 5.66. The zero-order valence-corrected chi connectivity index (χ0v) is 10.7. The van der Waals surface area contributed by atoms with Gasteiger partial charge in [-0.1, -0.05) is 12.1 Å². The Morgan fingerprint density at radius 2 is 2.00 bits per heavy atom. The van der Waals surface area contributed by atoms with Gasteiger partial charge in [-0.2, -0.15) is 0 Å². The van der Waals surface area contributed by atoms with Gasteiger partial charge < -0.3 is 10.2 Å². The van der Waals surface area contributed by atoms with Crippen molar-refractivity contribution in [1.82, 2.24) is 4.98 Å². The lowest BCUT2D eigenvalue weighted by Crippen LogP contribution is -1.88. The molecule has 1 aromatic heterocycles. The van der Waals surface area contributed by atoms with Crippen molar-refractivity contribution in [2.45, 2.75) is 17.0 Å². The normalized spacial score (nSPS) is 10.9. The number of para-hydroxylation sites is 2. The Morgan fingerprint density at radius 1 is 1.17 bits per heavy atom. The molecule has 0 unspecified atom stereocenters. The summed E-state index contributed by atoms with van der Waals surface area (Å²) in [4.78, 5) is 5.50. The van der Waals surface area contributed by atoms with E-state index in [1.807, 2.05) is 49.4 Å². The Kier molecular flexibility index (Phi) is 2.72. The van der Waals surface area contributed by atoms with Crippen LogP contribution in [0.4, 0.5) is 5.69 Å². The van der Waals surface area contributed by atoms with Gasteiger partial charge in [0, 0.05) is 10.6 Å². The summed E-state index contributed by atoms with van der Waals surface area (Å²) in [5, 5.41) is 0.653. The minimum Gasteiger partial charge on any atom is -0.431 e. The molecule has 3 rings (SSSR count). The molecule has 0 radical (unpaired) electrons. The van der Waals surface area contributed by atoms with Crippen molar-refractivity contribution >= 4 is 28.5 Å². The molecule has 3 aromatic rings. The topological polar surface area (TPSA) is 52.0 Å². The summed E-state index contributed by atoms with van der Waals surface area (Å²) >= 11 is 1.50. The second-order valence-electron chi connectivity index (χ2n) is 4.07. The zero-order valence-electron chi connectivity index (χ0n) is 9.88. The lowest BCUT2D eigenvalue weighted by atomic mass is 10.2. The smallest absolute Gasteiger partial charge is 0.261 e. The molecular weight excluding hydrogens is 244 g/mol.